The second kappa shape index (κ2) is 4.80. The lowest BCUT2D eigenvalue weighted by molar-refractivity contribution is -0.0971. The lowest BCUT2D eigenvalue weighted by atomic mass is 9.71. The van der Waals surface area contributed by atoms with Crippen molar-refractivity contribution in [2.75, 3.05) is 13.1 Å². The minimum absolute atomic E-state index is 0.00245. The molecule has 1 aromatic heterocycles. The Morgan fingerprint density at radius 2 is 2.10 bits per heavy atom. The van der Waals surface area contributed by atoms with Gasteiger partial charge in [0.15, 0.2) is 5.69 Å². The number of carbonyl (C=O) groups is 1. The third-order valence-corrected chi connectivity index (χ3v) is 4.23. The highest BCUT2D eigenvalue weighted by Crippen LogP contribution is 2.38. The van der Waals surface area contributed by atoms with Crippen LogP contribution >= 0.6 is 0 Å². The first-order chi connectivity index (χ1) is 9.14. The number of piperidine rings is 1. The zero-order valence-corrected chi connectivity index (χ0v) is 11.8. The van der Waals surface area contributed by atoms with Gasteiger partial charge in [-0.2, -0.15) is 13.9 Å². The van der Waals surface area contributed by atoms with Crippen LogP contribution in [0.1, 0.15) is 44.2 Å². The van der Waals surface area contributed by atoms with Gasteiger partial charge < -0.3 is 10.0 Å². The van der Waals surface area contributed by atoms with E-state index in [0.717, 1.165) is 6.20 Å². The maximum absolute atomic E-state index is 12.5. The van der Waals surface area contributed by atoms with Gasteiger partial charge in [0, 0.05) is 24.7 Å². The zero-order valence-electron chi connectivity index (χ0n) is 11.8. The third-order valence-electron chi connectivity index (χ3n) is 4.23. The quantitative estimate of drug-likeness (QED) is 0.904. The Kier molecular flexibility index (Phi) is 3.58. The first kappa shape index (κ1) is 14.9. The molecule has 1 aliphatic rings. The van der Waals surface area contributed by atoms with Crippen molar-refractivity contribution in [2.24, 2.45) is 5.41 Å². The number of carbonyl (C=O) groups excluding carboxylic acids is 1. The van der Waals surface area contributed by atoms with Crippen LogP contribution in [0.3, 0.4) is 0 Å². The van der Waals surface area contributed by atoms with E-state index in [9.17, 15) is 18.7 Å². The van der Waals surface area contributed by atoms with Crippen molar-refractivity contribution >= 4 is 5.91 Å². The predicted molar refractivity (Wildman–Crippen MR) is 68.4 cm³/mol. The van der Waals surface area contributed by atoms with E-state index in [1.54, 1.807) is 11.8 Å². The fourth-order valence-corrected chi connectivity index (χ4v) is 2.31. The summed E-state index contributed by atoms with van der Waals surface area (Å²) < 4.78 is 25.4. The number of nitrogens with zero attached hydrogens (tertiary/aromatic N) is 3. The molecule has 1 amide bonds. The molecule has 0 saturated carbocycles. The van der Waals surface area contributed by atoms with E-state index in [2.05, 4.69) is 5.10 Å². The molecule has 0 aliphatic carbocycles. The summed E-state index contributed by atoms with van der Waals surface area (Å²) in [4.78, 5) is 13.8. The van der Waals surface area contributed by atoms with Crippen LogP contribution in [-0.4, -0.2) is 44.4 Å². The van der Waals surface area contributed by atoms with Crippen LogP contribution in [0.2, 0.25) is 0 Å². The lowest BCUT2D eigenvalue weighted by Crippen LogP contribution is -2.57. The minimum atomic E-state index is -2.75. The molecule has 0 unspecified atom stereocenters. The summed E-state index contributed by atoms with van der Waals surface area (Å²) in [7, 11) is 0. The maximum Gasteiger partial charge on any atom is 0.333 e. The molecule has 5 nitrogen and oxygen atoms in total. The topological polar surface area (TPSA) is 58.4 Å². The molecular weight excluding hydrogens is 268 g/mol. The Morgan fingerprint density at radius 1 is 1.45 bits per heavy atom. The van der Waals surface area contributed by atoms with Gasteiger partial charge in [-0.25, -0.2) is 4.68 Å². The smallest absolute Gasteiger partial charge is 0.333 e. The van der Waals surface area contributed by atoms with Crippen molar-refractivity contribution < 1.29 is 18.7 Å². The van der Waals surface area contributed by atoms with Crippen LogP contribution in [0.4, 0.5) is 8.78 Å². The Morgan fingerprint density at radius 3 is 2.60 bits per heavy atom. The SMILES string of the molecule is CC1(C)CN(C(=O)c2ccn(C(F)F)n2)CC[C@]1(C)O. The second-order valence-corrected chi connectivity index (χ2v) is 6.09. The van der Waals surface area contributed by atoms with Gasteiger partial charge in [-0.1, -0.05) is 13.8 Å². The summed E-state index contributed by atoms with van der Waals surface area (Å²) in [6.07, 6.45) is 1.53. The molecule has 1 fully saturated rings. The Labute approximate surface area is 116 Å². The normalized spacial score (nSPS) is 26.1. The van der Waals surface area contributed by atoms with E-state index < -0.39 is 17.6 Å². The van der Waals surface area contributed by atoms with Crippen molar-refractivity contribution in [3.05, 3.63) is 18.0 Å². The number of halogens is 2. The monoisotopic (exact) mass is 287 g/mol. The molecule has 0 aromatic carbocycles. The minimum Gasteiger partial charge on any atom is -0.389 e. The fraction of sp³-hybridized carbons (Fsp3) is 0.692. The predicted octanol–water partition coefficient (Wildman–Crippen LogP) is 1.90. The summed E-state index contributed by atoms with van der Waals surface area (Å²) in [5, 5.41) is 13.9. The van der Waals surface area contributed by atoms with Gasteiger partial charge in [0.2, 0.25) is 0 Å². The number of rotatable bonds is 2. The molecule has 112 valence electrons. The van der Waals surface area contributed by atoms with Gasteiger partial charge in [0.05, 0.1) is 5.60 Å². The van der Waals surface area contributed by atoms with Crippen LogP contribution in [0.15, 0.2) is 12.3 Å². The van der Waals surface area contributed by atoms with Crippen LogP contribution in [0.25, 0.3) is 0 Å². The average molecular weight is 287 g/mol. The molecule has 20 heavy (non-hydrogen) atoms. The standard InChI is InChI=1S/C13H19F2N3O2/c1-12(2)8-17(7-5-13(12,3)20)10(19)9-4-6-18(16-9)11(14)15/h4,6,11,20H,5,7-8H2,1-3H3/t13-/m0/s1. The summed E-state index contributed by atoms with van der Waals surface area (Å²) in [5.74, 6) is -0.382. The molecule has 2 rings (SSSR count). The van der Waals surface area contributed by atoms with Gasteiger partial charge in [-0.15, -0.1) is 0 Å². The maximum atomic E-state index is 12.5. The Hall–Kier alpha value is -1.50. The van der Waals surface area contributed by atoms with Crippen LogP contribution < -0.4 is 0 Å². The number of likely N-dealkylation sites (tertiary alicyclic amines) is 1. The van der Waals surface area contributed by atoms with E-state index in [0.29, 0.717) is 24.2 Å². The average Bonchev–Trinajstić information content (AvgIpc) is 2.81. The van der Waals surface area contributed by atoms with Gasteiger partial charge >= 0.3 is 6.55 Å². The van der Waals surface area contributed by atoms with Crippen LogP contribution in [0.5, 0.6) is 0 Å². The van der Waals surface area contributed by atoms with Crippen molar-refractivity contribution in [3.63, 3.8) is 0 Å². The molecule has 0 bridgehead atoms. The number of aromatic nitrogens is 2. The van der Waals surface area contributed by atoms with E-state index >= 15 is 0 Å². The Bertz CT molecular complexity index is 511. The van der Waals surface area contributed by atoms with Crippen LogP contribution in [0, 0.1) is 5.41 Å². The zero-order chi connectivity index (χ0) is 15.1. The highest BCUT2D eigenvalue weighted by molar-refractivity contribution is 5.92. The van der Waals surface area contributed by atoms with Gasteiger partial charge in [0.25, 0.3) is 5.91 Å². The number of alkyl halides is 2. The van der Waals surface area contributed by atoms with Crippen molar-refractivity contribution in [2.45, 2.75) is 39.3 Å². The van der Waals surface area contributed by atoms with Gasteiger partial charge in [0.1, 0.15) is 0 Å². The van der Waals surface area contributed by atoms with E-state index in [4.69, 9.17) is 0 Å². The van der Waals surface area contributed by atoms with Crippen molar-refractivity contribution in [1.82, 2.24) is 14.7 Å². The van der Waals surface area contributed by atoms with E-state index in [1.807, 2.05) is 13.8 Å². The number of amides is 1. The number of hydrogen-bond donors (Lipinski definition) is 1. The summed E-state index contributed by atoms with van der Waals surface area (Å²) in [6, 6.07) is 1.29. The molecule has 1 N–H and O–H groups in total. The van der Waals surface area contributed by atoms with E-state index in [1.165, 1.54) is 6.07 Å². The molecule has 7 heteroatoms. The highest BCUT2D eigenvalue weighted by atomic mass is 19.3. The third kappa shape index (κ3) is 2.54. The highest BCUT2D eigenvalue weighted by Gasteiger charge is 2.45. The first-order valence-electron chi connectivity index (χ1n) is 6.49. The molecule has 1 aromatic rings. The number of hydrogen-bond acceptors (Lipinski definition) is 3. The summed E-state index contributed by atoms with van der Waals surface area (Å²) in [5.41, 5.74) is -1.32. The molecule has 1 aliphatic heterocycles. The largest absolute Gasteiger partial charge is 0.389 e. The molecule has 1 atom stereocenters. The molecular formula is C13H19F2N3O2. The summed E-state index contributed by atoms with van der Waals surface area (Å²) >= 11 is 0. The molecule has 0 spiro atoms. The van der Waals surface area contributed by atoms with Crippen molar-refractivity contribution in [1.29, 1.82) is 0 Å². The lowest BCUT2D eigenvalue weighted by Gasteiger charge is -2.48. The molecule has 2 heterocycles. The first-order valence-corrected chi connectivity index (χ1v) is 6.49. The molecule has 0 radical (unpaired) electrons. The number of aliphatic hydroxyl groups is 1. The van der Waals surface area contributed by atoms with Crippen LogP contribution in [-0.2, 0) is 0 Å². The second-order valence-electron chi connectivity index (χ2n) is 6.09. The van der Waals surface area contributed by atoms with E-state index in [-0.39, 0.29) is 11.6 Å². The summed E-state index contributed by atoms with van der Waals surface area (Å²) in [6.45, 7) is 3.50. The van der Waals surface area contributed by atoms with Crippen molar-refractivity contribution in [3.8, 4) is 0 Å². The van der Waals surface area contributed by atoms with Gasteiger partial charge in [-0.3, -0.25) is 4.79 Å². The molecule has 1 saturated heterocycles. The Balaban J connectivity index is 2.14. The fourth-order valence-electron chi connectivity index (χ4n) is 2.31. The van der Waals surface area contributed by atoms with Gasteiger partial charge in [-0.05, 0) is 19.4 Å².